The zero-order valence-corrected chi connectivity index (χ0v) is 65.9. The summed E-state index contributed by atoms with van der Waals surface area (Å²) in [5, 5.41) is 10.6. The van der Waals surface area contributed by atoms with Gasteiger partial charge >= 0.3 is 39.5 Å². The number of carbonyl (C=O) groups excluding carboxylic acids is 4. The van der Waals surface area contributed by atoms with Gasteiger partial charge in [-0.25, -0.2) is 9.13 Å². The molecule has 0 aliphatic rings. The first kappa shape index (κ1) is 96.1. The predicted molar refractivity (Wildman–Crippen MR) is 400 cm³/mol. The van der Waals surface area contributed by atoms with Crippen molar-refractivity contribution >= 4 is 39.5 Å². The summed E-state index contributed by atoms with van der Waals surface area (Å²) in [6.45, 7) is 9.61. The maximum absolute atomic E-state index is 13.1. The predicted octanol–water partition coefficient (Wildman–Crippen LogP) is 23.5. The number of hydrogen-bond donors (Lipinski definition) is 3. The van der Waals surface area contributed by atoms with Gasteiger partial charge in [-0.15, -0.1) is 0 Å². The molecule has 0 aromatic carbocycles. The van der Waals surface area contributed by atoms with Gasteiger partial charge in [-0.1, -0.05) is 363 Å². The average Bonchev–Trinajstić information content (AvgIpc) is 1.08. The van der Waals surface area contributed by atoms with Crippen LogP contribution in [0.25, 0.3) is 0 Å². The highest BCUT2D eigenvalue weighted by Crippen LogP contribution is 2.45. The molecule has 0 amide bonds. The lowest BCUT2D eigenvalue weighted by Crippen LogP contribution is -2.30. The smallest absolute Gasteiger partial charge is 0.462 e. The summed E-state index contributed by atoms with van der Waals surface area (Å²) in [4.78, 5) is 72.9. The lowest BCUT2D eigenvalue weighted by molar-refractivity contribution is -0.161. The van der Waals surface area contributed by atoms with Crippen LogP contribution in [0, 0.1) is 11.8 Å². The first-order chi connectivity index (χ1) is 47.4. The first-order valence-electron chi connectivity index (χ1n) is 41.1. The van der Waals surface area contributed by atoms with Gasteiger partial charge in [0.2, 0.25) is 0 Å². The monoisotopic (exact) mass is 1440 g/mol. The molecule has 4 unspecified atom stereocenters. The third kappa shape index (κ3) is 69.8. The molecule has 582 valence electrons. The number of esters is 4. The number of phosphoric ester groups is 2. The molecule has 0 aliphatic heterocycles. The molecule has 0 saturated carbocycles. The van der Waals surface area contributed by atoms with Gasteiger partial charge < -0.3 is 33.8 Å². The van der Waals surface area contributed by atoms with E-state index in [4.69, 9.17) is 37.0 Å². The number of unbranched alkanes of at least 4 members (excludes halogenated alkanes) is 46. The van der Waals surface area contributed by atoms with E-state index in [-0.39, 0.29) is 25.7 Å². The molecule has 0 heterocycles. The van der Waals surface area contributed by atoms with E-state index >= 15 is 0 Å². The Hall–Kier alpha value is -1.94. The summed E-state index contributed by atoms with van der Waals surface area (Å²) < 4.78 is 68.6. The third-order valence-corrected chi connectivity index (χ3v) is 21.1. The van der Waals surface area contributed by atoms with Crippen molar-refractivity contribution in [1.29, 1.82) is 0 Å². The summed E-state index contributed by atoms with van der Waals surface area (Å²) in [6.07, 6.45) is 59.6. The minimum absolute atomic E-state index is 0.105. The van der Waals surface area contributed by atoms with Crippen molar-refractivity contribution in [2.45, 2.75) is 432 Å². The summed E-state index contributed by atoms with van der Waals surface area (Å²) in [5.74, 6) is -0.566. The maximum atomic E-state index is 13.1. The summed E-state index contributed by atoms with van der Waals surface area (Å²) in [5.41, 5.74) is 0. The third-order valence-electron chi connectivity index (χ3n) is 19.2. The van der Waals surface area contributed by atoms with Crippen molar-refractivity contribution in [3.8, 4) is 0 Å². The Morgan fingerprint density at radius 3 is 0.724 bits per heavy atom. The molecule has 0 aliphatic carbocycles. The van der Waals surface area contributed by atoms with Gasteiger partial charge in [-0.2, -0.15) is 0 Å². The second kappa shape index (κ2) is 70.7. The van der Waals surface area contributed by atoms with Crippen LogP contribution in [0.3, 0.4) is 0 Å². The number of hydrogen-bond acceptors (Lipinski definition) is 15. The second-order valence-corrected chi connectivity index (χ2v) is 31.8. The van der Waals surface area contributed by atoms with Crippen molar-refractivity contribution in [3.05, 3.63) is 0 Å². The Bertz CT molecular complexity index is 1890. The number of aliphatic hydroxyl groups is 1. The number of phosphoric acid groups is 2. The Morgan fingerprint density at radius 1 is 0.286 bits per heavy atom. The van der Waals surface area contributed by atoms with Crippen LogP contribution in [-0.2, 0) is 65.4 Å². The normalized spacial score (nSPS) is 14.5. The molecule has 3 N–H and O–H groups in total. The summed E-state index contributed by atoms with van der Waals surface area (Å²) >= 11 is 0. The molecule has 17 nitrogen and oxygen atoms in total. The van der Waals surface area contributed by atoms with Gasteiger partial charge in [-0.3, -0.25) is 37.3 Å². The van der Waals surface area contributed by atoms with Gasteiger partial charge in [0.15, 0.2) is 12.2 Å². The highest BCUT2D eigenvalue weighted by Gasteiger charge is 2.30. The van der Waals surface area contributed by atoms with Crippen molar-refractivity contribution in [2.24, 2.45) is 11.8 Å². The van der Waals surface area contributed by atoms with Crippen LogP contribution in [0.15, 0.2) is 0 Å². The molecular weight excluding hydrogens is 1280 g/mol. The Kier molecular flexibility index (Phi) is 69.3. The molecular formula is C79H154O17P2. The number of ether oxygens (including phenoxy) is 4. The molecule has 7 atom stereocenters. The quantitative estimate of drug-likeness (QED) is 0.0222. The minimum Gasteiger partial charge on any atom is -0.462 e. The molecule has 0 spiro atoms. The molecule has 0 radical (unpaired) electrons. The molecule has 0 fully saturated rings. The van der Waals surface area contributed by atoms with Crippen LogP contribution in [0.2, 0.25) is 0 Å². The molecule has 98 heavy (non-hydrogen) atoms. The van der Waals surface area contributed by atoms with Crippen LogP contribution in [0.5, 0.6) is 0 Å². The maximum Gasteiger partial charge on any atom is 0.472 e. The van der Waals surface area contributed by atoms with E-state index in [0.29, 0.717) is 25.7 Å². The van der Waals surface area contributed by atoms with Gasteiger partial charge in [0.25, 0.3) is 0 Å². The molecule has 0 aromatic rings. The van der Waals surface area contributed by atoms with E-state index < -0.39 is 97.5 Å². The fraction of sp³-hybridized carbons (Fsp3) is 0.949. The Labute approximate surface area is 600 Å². The fourth-order valence-electron chi connectivity index (χ4n) is 12.1. The largest absolute Gasteiger partial charge is 0.472 e. The highest BCUT2D eigenvalue weighted by molar-refractivity contribution is 7.47. The first-order valence-corrected chi connectivity index (χ1v) is 44.1. The van der Waals surface area contributed by atoms with Gasteiger partial charge in [0, 0.05) is 25.7 Å². The van der Waals surface area contributed by atoms with Crippen LogP contribution >= 0.6 is 15.6 Å². The zero-order chi connectivity index (χ0) is 72.1. The lowest BCUT2D eigenvalue weighted by Gasteiger charge is -2.21. The van der Waals surface area contributed by atoms with E-state index in [1.807, 2.05) is 0 Å². The van der Waals surface area contributed by atoms with Crippen LogP contribution in [0.4, 0.5) is 0 Å². The standard InChI is InChI=1S/C79H154O17P2/c1-7-11-13-15-17-19-21-23-24-25-26-27-28-29-30-32-34-36-45-51-57-63-78(83)95-74(67-89-76(81)61-55-49-43-35-33-31-22-20-18-16-14-12-8-2)69-93-97(85,86)91-65-73(80)66-92-98(87,88)94-70-75(96-79(84)64-58-52-46-40-38-42-48-54-60-72(6)10-4)68-90-77(82)62-56-50-44-39-37-41-47-53-59-71(5)9-3/h71-75,80H,7-70H2,1-6H3,(H,85,86)(H,87,88)/t71?,72?,73-,74-,75-/m1/s1. The zero-order valence-electron chi connectivity index (χ0n) is 64.1. The molecule has 0 rings (SSSR count). The van der Waals surface area contributed by atoms with Crippen LogP contribution < -0.4 is 0 Å². The average molecular weight is 1440 g/mol. The van der Waals surface area contributed by atoms with Crippen molar-refractivity contribution < 1.29 is 80.2 Å². The lowest BCUT2D eigenvalue weighted by atomic mass is 9.99. The topological polar surface area (TPSA) is 237 Å². The Morgan fingerprint density at radius 2 is 0.490 bits per heavy atom. The van der Waals surface area contributed by atoms with Gasteiger partial charge in [0.1, 0.15) is 19.3 Å². The second-order valence-electron chi connectivity index (χ2n) is 28.9. The van der Waals surface area contributed by atoms with Crippen LogP contribution in [0.1, 0.15) is 414 Å². The van der Waals surface area contributed by atoms with Crippen LogP contribution in [-0.4, -0.2) is 96.7 Å². The van der Waals surface area contributed by atoms with E-state index in [2.05, 4.69) is 41.5 Å². The van der Waals surface area contributed by atoms with Gasteiger partial charge in [-0.05, 0) is 37.5 Å². The van der Waals surface area contributed by atoms with E-state index in [1.165, 1.54) is 231 Å². The van der Waals surface area contributed by atoms with Gasteiger partial charge in [0.05, 0.1) is 26.4 Å². The van der Waals surface area contributed by atoms with Crippen molar-refractivity contribution in [1.82, 2.24) is 0 Å². The summed E-state index contributed by atoms with van der Waals surface area (Å²) in [7, 11) is -9.92. The Balaban J connectivity index is 5.22. The number of rotatable bonds is 78. The van der Waals surface area contributed by atoms with E-state index in [9.17, 15) is 43.2 Å². The van der Waals surface area contributed by atoms with Crippen molar-refractivity contribution in [3.63, 3.8) is 0 Å². The molecule has 19 heteroatoms. The summed E-state index contributed by atoms with van der Waals surface area (Å²) in [6, 6.07) is 0. The number of aliphatic hydroxyl groups excluding tert-OH is 1. The number of carbonyl (C=O) groups is 4. The van der Waals surface area contributed by atoms with E-state index in [0.717, 1.165) is 102 Å². The molecule has 0 bridgehead atoms. The van der Waals surface area contributed by atoms with E-state index in [1.54, 1.807) is 0 Å². The highest BCUT2D eigenvalue weighted by atomic mass is 31.2. The SMILES string of the molecule is CCCCCCCCCCCCCCCCCCCCCCCC(=O)O[C@H](COC(=O)CCCCCCCCCCCCCCC)COP(=O)(O)OC[C@@H](O)COP(=O)(O)OC[C@@H](COC(=O)CCCCCCCCCCC(C)CC)OC(=O)CCCCCCCCCCC(C)CC. The minimum atomic E-state index is -4.96. The van der Waals surface area contributed by atoms with Crippen molar-refractivity contribution in [2.75, 3.05) is 39.6 Å². The molecule has 0 aromatic heterocycles. The molecule has 0 saturated heterocycles. The fourth-order valence-corrected chi connectivity index (χ4v) is 13.7.